The van der Waals surface area contributed by atoms with E-state index >= 15 is 0 Å². The molecule has 2 aromatic carbocycles. The van der Waals surface area contributed by atoms with E-state index in [0.717, 1.165) is 11.6 Å². The van der Waals surface area contributed by atoms with Crippen molar-refractivity contribution in [3.63, 3.8) is 0 Å². The summed E-state index contributed by atoms with van der Waals surface area (Å²) >= 11 is 0. The Morgan fingerprint density at radius 1 is 0.983 bits per heavy atom. The largest absolute Gasteiger partial charge is 0.508 e. The van der Waals surface area contributed by atoms with Crippen LogP contribution in [0, 0.1) is 0 Å². The molecule has 5 amide bonds. The molecule has 1 heterocycles. The van der Waals surface area contributed by atoms with Gasteiger partial charge in [0.2, 0.25) is 24.1 Å². The number of amides is 5. The number of benzene rings is 2. The Kier molecular flexibility index (Phi) is 18.7. The smallest absolute Gasteiger partial charge is 0.490 e. The third kappa shape index (κ3) is 17.4. The predicted molar refractivity (Wildman–Crippen MR) is 202 cm³/mol. The molecule has 1 fully saturated rings. The van der Waals surface area contributed by atoms with E-state index in [1.165, 1.54) is 29.2 Å². The number of alkyl carbamates (subject to hydrolysis) is 1. The number of carbonyl (C=O) groups excluding carboxylic acids is 6. The lowest BCUT2D eigenvalue weighted by atomic mass is 10.1. The van der Waals surface area contributed by atoms with Gasteiger partial charge in [0.05, 0.1) is 0 Å². The summed E-state index contributed by atoms with van der Waals surface area (Å²) in [4.78, 5) is 86.6. The Morgan fingerprint density at radius 2 is 1.62 bits per heavy atom. The summed E-state index contributed by atoms with van der Waals surface area (Å²) < 4.78 is 42.2. The normalized spacial score (nSPS) is 15.1. The van der Waals surface area contributed by atoms with Gasteiger partial charge in [0.25, 0.3) is 0 Å². The molecule has 0 saturated carbocycles. The second kappa shape index (κ2) is 22.8. The molecule has 19 heteroatoms. The minimum absolute atomic E-state index is 0.00661. The first-order valence-corrected chi connectivity index (χ1v) is 17.6. The number of likely N-dealkylation sites (tertiary alicyclic amines) is 1. The van der Waals surface area contributed by atoms with E-state index in [0.29, 0.717) is 24.8 Å². The number of nitrogens with zero attached hydrogens (tertiary/aromatic N) is 1. The molecule has 0 spiro atoms. The molecule has 0 radical (unpaired) electrons. The van der Waals surface area contributed by atoms with Crippen LogP contribution in [0.3, 0.4) is 0 Å². The van der Waals surface area contributed by atoms with Crippen LogP contribution in [0.4, 0.5) is 18.0 Å². The van der Waals surface area contributed by atoms with Gasteiger partial charge >= 0.3 is 24.2 Å². The lowest BCUT2D eigenvalue weighted by Crippen LogP contribution is -2.54. The second-order valence-electron chi connectivity index (χ2n) is 13.4. The number of carbonyl (C=O) groups is 7. The number of halogens is 3. The number of nitrogens with one attached hydrogen (secondary N) is 4. The molecule has 0 unspecified atom stereocenters. The third-order valence-corrected chi connectivity index (χ3v) is 7.63. The number of carboxylic acids is 1. The SMILES string of the molecule is C=CCOC(=O)[C@@H]1CCCN1C(=O)[C@H](CNC(=O)/C=C/C(=C/c1ccc(O)cc1)NC(=O)[C@@H](Cc1ccccc1)NC(=O)OC(C)(C)C)NC=O.O=C(O)C(F)(F)F. The van der Waals surface area contributed by atoms with E-state index in [1.807, 2.05) is 18.2 Å². The quantitative estimate of drug-likeness (QED) is 0.0474. The van der Waals surface area contributed by atoms with Gasteiger partial charge in [-0.05, 0) is 69.0 Å². The first kappa shape index (κ1) is 47.5. The monoisotopic (exact) mass is 817 g/mol. The Balaban J connectivity index is 0.00000151. The maximum atomic E-state index is 13.7. The summed E-state index contributed by atoms with van der Waals surface area (Å²) in [5.41, 5.74) is 0.688. The second-order valence-corrected chi connectivity index (χ2v) is 13.4. The highest BCUT2D eigenvalue weighted by Crippen LogP contribution is 2.20. The van der Waals surface area contributed by atoms with Crippen molar-refractivity contribution in [1.29, 1.82) is 0 Å². The van der Waals surface area contributed by atoms with Gasteiger partial charge in [-0.1, -0.05) is 55.1 Å². The Morgan fingerprint density at radius 3 is 2.19 bits per heavy atom. The zero-order valence-electron chi connectivity index (χ0n) is 31.9. The summed E-state index contributed by atoms with van der Waals surface area (Å²) in [6.45, 7) is 8.58. The number of phenolic OH excluding ortho intramolecular Hbond substituents is 1. The van der Waals surface area contributed by atoms with Crippen molar-refractivity contribution in [3.8, 4) is 5.75 Å². The minimum atomic E-state index is -5.08. The maximum Gasteiger partial charge on any atom is 0.490 e. The number of carboxylic acid groups (broad SMARTS) is 1. The van der Waals surface area contributed by atoms with Gasteiger partial charge < -0.3 is 45.9 Å². The van der Waals surface area contributed by atoms with Crippen molar-refractivity contribution in [2.75, 3.05) is 19.7 Å². The number of alkyl halides is 3. The first-order chi connectivity index (χ1) is 27.2. The fourth-order valence-electron chi connectivity index (χ4n) is 5.05. The number of hydrogen-bond donors (Lipinski definition) is 6. The summed E-state index contributed by atoms with van der Waals surface area (Å²) in [5, 5.41) is 27.2. The van der Waals surface area contributed by atoms with Crippen LogP contribution in [-0.4, -0.2) is 107 Å². The van der Waals surface area contributed by atoms with Gasteiger partial charge in [-0.3, -0.25) is 19.2 Å². The third-order valence-electron chi connectivity index (χ3n) is 7.63. The van der Waals surface area contributed by atoms with Crippen molar-refractivity contribution in [1.82, 2.24) is 26.2 Å². The van der Waals surface area contributed by atoms with Crippen LogP contribution in [0.25, 0.3) is 6.08 Å². The number of allylic oxidation sites excluding steroid dienone is 1. The fraction of sp³-hybridized carbons (Fsp3) is 0.359. The molecule has 0 bridgehead atoms. The highest BCUT2D eigenvalue weighted by atomic mass is 19.4. The topological polar surface area (TPSA) is 230 Å². The minimum Gasteiger partial charge on any atom is -0.508 e. The highest BCUT2D eigenvalue weighted by molar-refractivity contribution is 5.92. The zero-order valence-corrected chi connectivity index (χ0v) is 31.9. The van der Waals surface area contributed by atoms with Gasteiger partial charge in [0.15, 0.2) is 0 Å². The number of aromatic hydroxyl groups is 1. The number of phenols is 1. The number of esters is 1. The molecule has 2 aromatic rings. The number of hydrogen-bond acceptors (Lipinski definition) is 10. The number of aliphatic carboxylic acids is 1. The van der Waals surface area contributed by atoms with Crippen LogP contribution in [0.1, 0.15) is 44.7 Å². The standard InChI is InChI=1S/C37H45N5O9.C2HF3O2/c1-5-20-50-35(48)31-12-9-19-42(31)34(47)30(39-24-43)23-38-32(45)18-15-27(21-26-13-16-28(44)17-14-26)40-33(46)29(22-25-10-7-6-8-11-25)41-36(49)51-37(2,3)4;3-2(4,5)1(6)7/h5-8,10-11,13-18,21,24,29-31,44H,1,9,12,19-20,22-23H2,2-4H3,(H,38,45)(H,39,43)(H,40,46)(H,41,49);(H,6,7)/b18-15+,27-21-;/t29-,30+,31+;/m1./s1. The van der Waals surface area contributed by atoms with Gasteiger partial charge in [0.1, 0.15) is 36.1 Å². The summed E-state index contributed by atoms with van der Waals surface area (Å²) in [6.07, 6.45) is 0.946. The van der Waals surface area contributed by atoms with E-state index < -0.39 is 65.7 Å². The lowest BCUT2D eigenvalue weighted by Gasteiger charge is -2.27. The molecular formula is C39H46F3N5O11. The molecular weight excluding hydrogens is 771 g/mol. The number of rotatable bonds is 16. The first-order valence-electron chi connectivity index (χ1n) is 17.6. The molecule has 58 heavy (non-hydrogen) atoms. The molecule has 6 N–H and O–H groups in total. The summed E-state index contributed by atoms with van der Waals surface area (Å²) in [6, 6.07) is 12.1. The van der Waals surface area contributed by atoms with E-state index in [-0.39, 0.29) is 37.6 Å². The van der Waals surface area contributed by atoms with Crippen molar-refractivity contribution in [2.45, 2.75) is 69.9 Å². The highest BCUT2D eigenvalue weighted by Gasteiger charge is 2.39. The van der Waals surface area contributed by atoms with Crippen LogP contribution in [0.15, 0.2) is 85.1 Å². The van der Waals surface area contributed by atoms with Crippen molar-refractivity contribution < 1.29 is 66.4 Å². The van der Waals surface area contributed by atoms with E-state index in [9.17, 15) is 47.0 Å². The summed E-state index contributed by atoms with van der Waals surface area (Å²) in [5.74, 6) is -5.15. The van der Waals surface area contributed by atoms with E-state index in [2.05, 4.69) is 27.8 Å². The molecule has 314 valence electrons. The summed E-state index contributed by atoms with van der Waals surface area (Å²) in [7, 11) is 0. The van der Waals surface area contributed by atoms with Crippen LogP contribution in [0.2, 0.25) is 0 Å². The number of ether oxygens (including phenoxy) is 2. The predicted octanol–water partition coefficient (Wildman–Crippen LogP) is 3.13. The molecule has 1 aliphatic rings. The van der Waals surface area contributed by atoms with Gasteiger partial charge in [-0.15, -0.1) is 0 Å². The van der Waals surface area contributed by atoms with E-state index in [1.54, 1.807) is 51.1 Å². The van der Waals surface area contributed by atoms with Crippen LogP contribution in [0.5, 0.6) is 5.75 Å². The van der Waals surface area contributed by atoms with Crippen molar-refractivity contribution >= 4 is 48.2 Å². The Labute approximate surface area is 332 Å². The van der Waals surface area contributed by atoms with Crippen LogP contribution in [-0.2, 0) is 44.7 Å². The molecule has 16 nitrogen and oxygen atoms in total. The Bertz CT molecular complexity index is 1810. The zero-order chi connectivity index (χ0) is 43.5. The van der Waals surface area contributed by atoms with Crippen molar-refractivity contribution in [3.05, 3.63) is 96.2 Å². The van der Waals surface area contributed by atoms with Crippen LogP contribution >= 0.6 is 0 Å². The molecule has 3 atom stereocenters. The lowest BCUT2D eigenvalue weighted by molar-refractivity contribution is -0.192. The van der Waals surface area contributed by atoms with Crippen LogP contribution < -0.4 is 21.3 Å². The Hall–Kier alpha value is -6.66. The fourth-order valence-corrected chi connectivity index (χ4v) is 5.05. The van der Waals surface area contributed by atoms with Gasteiger partial charge in [-0.2, -0.15) is 13.2 Å². The maximum absolute atomic E-state index is 13.7. The molecule has 3 rings (SSSR count). The van der Waals surface area contributed by atoms with Gasteiger partial charge in [0, 0.05) is 31.3 Å². The molecule has 1 saturated heterocycles. The average molecular weight is 818 g/mol. The molecule has 0 aliphatic carbocycles. The molecule has 1 aliphatic heterocycles. The van der Waals surface area contributed by atoms with E-state index in [4.69, 9.17) is 19.4 Å². The van der Waals surface area contributed by atoms with Crippen molar-refractivity contribution in [2.24, 2.45) is 0 Å². The average Bonchev–Trinajstić information content (AvgIpc) is 3.65. The van der Waals surface area contributed by atoms with Gasteiger partial charge in [-0.25, -0.2) is 14.4 Å². The molecule has 0 aromatic heterocycles.